The van der Waals surface area contributed by atoms with E-state index in [1.807, 2.05) is 38.1 Å². The maximum Gasteiger partial charge on any atom is 0.287 e. The van der Waals surface area contributed by atoms with E-state index in [1.54, 1.807) is 12.1 Å². The minimum absolute atomic E-state index is 0.00606. The van der Waals surface area contributed by atoms with Crippen molar-refractivity contribution in [2.75, 3.05) is 26.2 Å². The monoisotopic (exact) mass is 510 g/mol. The third-order valence-electron chi connectivity index (χ3n) is 6.51. The number of carbonyl (C=O) groups excluding carboxylic acids is 1. The highest BCUT2D eigenvalue weighted by Gasteiger charge is 2.26. The second kappa shape index (κ2) is 11.8. The first-order valence-corrected chi connectivity index (χ1v) is 14.0. The minimum Gasteiger partial charge on any atom is -0.494 e. The zero-order valence-corrected chi connectivity index (χ0v) is 21.7. The molecule has 0 spiro atoms. The molecule has 2 aromatic carbocycles. The Morgan fingerprint density at radius 2 is 1.64 bits per heavy atom. The van der Waals surface area contributed by atoms with Crippen LogP contribution in [0.5, 0.6) is 5.75 Å². The Hall–Kier alpha value is -3.10. The Morgan fingerprint density at radius 1 is 0.972 bits per heavy atom. The van der Waals surface area contributed by atoms with Gasteiger partial charge in [-0.2, -0.15) is 0 Å². The first-order chi connectivity index (χ1) is 17.4. The topological polar surface area (TPSA) is 88.8 Å². The Labute approximate surface area is 213 Å². The smallest absolute Gasteiger partial charge is 0.287 e. The first kappa shape index (κ1) is 26.0. The normalized spacial score (nSPS) is 15.7. The van der Waals surface area contributed by atoms with Crippen LogP contribution in [0, 0.1) is 6.92 Å². The predicted molar refractivity (Wildman–Crippen MR) is 138 cm³/mol. The summed E-state index contributed by atoms with van der Waals surface area (Å²) in [6.45, 7) is 6.76. The molecule has 1 atom stereocenters. The number of ether oxygens (including phenoxy) is 1. The highest BCUT2D eigenvalue weighted by molar-refractivity contribution is 7.91. The molecule has 192 valence electrons. The molecule has 1 N–H and O–H groups in total. The highest BCUT2D eigenvalue weighted by Crippen LogP contribution is 2.27. The van der Waals surface area contributed by atoms with Crippen LogP contribution in [-0.2, 0) is 9.84 Å². The largest absolute Gasteiger partial charge is 0.494 e. The third-order valence-corrected chi connectivity index (χ3v) is 8.16. The standard InChI is InChI=1S/C28H34N2O5S/c1-3-34-23-12-10-22(11-13-23)25(30-18-6-4-5-7-19-30)20-29-28(31)26-16-17-27(35-26)36(32,33)24-14-8-21(2)9-15-24/h8-17,25H,3-7,18-20H2,1-2H3,(H,29,31). The molecule has 1 aliphatic heterocycles. The van der Waals surface area contributed by atoms with E-state index in [0.717, 1.165) is 42.8 Å². The van der Waals surface area contributed by atoms with Crippen molar-refractivity contribution in [2.24, 2.45) is 0 Å². The van der Waals surface area contributed by atoms with Crippen molar-refractivity contribution in [2.45, 2.75) is 55.6 Å². The quantitative estimate of drug-likeness (QED) is 0.427. The van der Waals surface area contributed by atoms with Gasteiger partial charge in [0.2, 0.25) is 14.9 Å². The van der Waals surface area contributed by atoms with Crippen LogP contribution >= 0.6 is 0 Å². The van der Waals surface area contributed by atoms with E-state index >= 15 is 0 Å². The highest BCUT2D eigenvalue weighted by atomic mass is 32.2. The van der Waals surface area contributed by atoms with Gasteiger partial charge in [-0.3, -0.25) is 9.69 Å². The molecule has 0 bridgehead atoms. The van der Waals surface area contributed by atoms with Crippen LogP contribution in [-0.4, -0.2) is 45.5 Å². The van der Waals surface area contributed by atoms with Crippen molar-refractivity contribution in [3.05, 3.63) is 77.6 Å². The van der Waals surface area contributed by atoms with Gasteiger partial charge in [0.25, 0.3) is 5.91 Å². The maximum absolute atomic E-state index is 13.0. The number of hydrogen-bond donors (Lipinski definition) is 1. The molecule has 1 aliphatic rings. The molecular weight excluding hydrogens is 476 g/mol. The summed E-state index contributed by atoms with van der Waals surface area (Å²) in [7, 11) is -3.84. The minimum atomic E-state index is -3.84. The summed E-state index contributed by atoms with van der Waals surface area (Å²) in [4.78, 5) is 15.5. The number of nitrogens with one attached hydrogen (secondary N) is 1. The van der Waals surface area contributed by atoms with Crippen molar-refractivity contribution >= 4 is 15.7 Å². The first-order valence-electron chi connectivity index (χ1n) is 12.5. The molecule has 3 aromatic rings. The number of amides is 1. The van der Waals surface area contributed by atoms with Crippen molar-refractivity contribution in [1.29, 1.82) is 0 Å². The van der Waals surface area contributed by atoms with E-state index in [4.69, 9.17) is 9.15 Å². The molecule has 2 heterocycles. The zero-order chi connectivity index (χ0) is 25.5. The number of carbonyl (C=O) groups is 1. The second-order valence-electron chi connectivity index (χ2n) is 9.11. The summed E-state index contributed by atoms with van der Waals surface area (Å²) >= 11 is 0. The Balaban J connectivity index is 1.49. The van der Waals surface area contributed by atoms with Crippen LogP contribution in [0.2, 0.25) is 0 Å². The van der Waals surface area contributed by atoms with Crippen LogP contribution in [0.25, 0.3) is 0 Å². The van der Waals surface area contributed by atoms with E-state index in [-0.39, 0.29) is 21.8 Å². The molecule has 1 unspecified atom stereocenters. The van der Waals surface area contributed by atoms with E-state index in [2.05, 4.69) is 10.2 Å². The lowest BCUT2D eigenvalue weighted by atomic mass is 10.0. The van der Waals surface area contributed by atoms with Crippen molar-refractivity contribution < 1.29 is 22.4 Å². The molecule has 36 heavy (non-hydrogen) atoms. The van der Waals surface area contributed by atoms with Gasteiger partial charge < -0.3 is 14.5 Å². The third kappa shape index (κ3) is 6.17. The second-order valence-corrected chi connectivity index (χ2v) is 11.0. The van der Waals surface area contributed by atoms with Crippen molar-refractivity contribution in [3.63, 3.8) is 0 Å². The summed E-state index contributed by atoms with van der Waals surface area (Å²) in [5.41, 5.74) is 2.06. The average molecular weight is 511 g/mol. The fourth-order valence-electron chi connectivity index (χ4n) is 4.51. The Morgan fingerprint density at radius 3 is 2.28 bits per heavy atom. The number of furan rings is 1. The summed E-state index contributed by atoms with van der Waals surface area (Å²) in [5.74, 6) is 0.353. The van der Waals surface area contributed by atoms with E-state index in [9.17, 15) is 13.2 Å². The Kier molecular flexibility index (Phi) is 8.48. The molecule has 0 saturated carbocycles. The van der Waals surface area contributed by atoms with Gasteiger partial charge in [-0.25, -0.2) is 8.42 Å². The van der Waals surface area contributed by atoms with Crippen LogP contribution in [0.1, 0.15) is 60.3 Å². The number of sulfone groups is 1. The van der Waals surface area contributed by atoms with Crippen molar-refractivity contribution in [1.82, 2.24) is 10.2 Å². The molecule has 4 rings (SSSR count). The zero-order valence-electron chi connectivity index (χ0n) is 20.9. The molecular formula is C28H34N2O5S. The van der Waals surface area contributed by atoms with E-state index in [0.29, 0.717) is 13.2 Å². The molecule has 1 amide bonds. The molecule has 0 aliphatic carbocycles. The fourth-order valence-corrected chi connectivity index (χ4v) is 5.69. The number of likely N-dealkylation sites (tertiary alicyclic amines) is 1. The fraction of sp³-hybridized carbons (Fsp3) is 0.393. The van der Waals surface area contributed by atoms with Gasteiger partial charge in [0, 0.05) is 6.54 Å². The summed E-state index contributed by atoms with van der Waals surface area (Å²) in [5, 5.41) is 2.72. The van der Waals surface area contributed by atoms with E-state index < -0.39 is 15.7 Å². The van der Waals surface area contributed by atoms with Gasteiger partial charge in [-0.1, -0.05) is 42.7 Å². The van der Waals surface area contributed by atoms with Crippen LogP contribution in [0.15, 0.2) is 75.1 Å². The van der Waals surface area contributed by atoms with Gasteiger partial charge in [-0.05, 0) is 81.7 Å². The molecule has 7 nitrogen and oxygen atoms in total. The van der Waals surface area contributed by atoms with Gasteiger partial charge >= 0.3 is 0 Å². The summed E-state index contributed by atoms with van der Waals surface area (Å²) in [6, 6.07) is 17.3. The van der Waals surface area contributed by atoms with Gasteiger partial charge in [0.05, 0.1) is 17.5 Å². The summed E-state index contributed by atoms with van der Waals surface area (Å²) in [6.07, 6.45) is 4.67. The van der Waals surface area contributed by atoms with Gasteiger partial charge in [0.15, 0.2) is 5.76 Å². The SMILES string of the molecule is CCOc1ccc(C(CNC(=O)c2ccc(S(=O)(=O)c3ccc(C)cc3)o2)N2CCCCCC2)cc1. The van der Waals surface area contributed by atoms with Gasteiger partial charge in [0.1, 0.15) is 5.75 Å². The lowest BCUT2D eigenvalue weighted by Crippen LogP contribution is -2.38. The number of aryl methyl sites for hydroxylation is 1. The van der Waals surface area contributed by atoms with Crippen molar-refractivity contribution in [3.8, 4) is 5.75 Å². The molecule has 1 fully saturated rings. The van der Waals surface area contributed by atoms with Crippen LogP contribution in [0.3, 0.4) is 0 Å². The lowest BCUT2D eigenvalue weighted by molar-refractivity contribution is 0.0900. The van der Waals surface area contributed by atoms with Crippen LogP contribution < -0.4 is 10.1 Å². The number of benzene rings is 2. The molecule has 1 saturated heterocycles. The maximum atomic E-state index is 13.0. The number of rotatable bonds is 9. The molecule has 0 radical (unpaired) electrons. The molecule has 8 heteroatoms. The number of nitrogens with zero attached hydrogens (tertiary/aromatic N) is 1. The van der Waals surface area contributed by atoms with E-state index in [1.165, 1.54) is 37.1 Å². The molecule has 1 aromatic heterocycles. The average Bonchev–Trinajstić information content (AvgIpc) is 3.24. The van der Waals surface area contributed by atoms with Gasteiger partial charge in [-0.15, -0.1) is 0 Å². The summed E-state index contributed by atoms with van der Waals surface area (Å²) < 4.78 is 36.9. The predicted octanol–water partition coefficient (Wildman–Crippen LogP) is 5.17. The van der Waals surface area contributed by atoms with Crippen LogP contribution in [0.4, 0.5) is 0 Å². The number of hydrogen-bond acceptors (Lipinski definition) is 6. The Bertz CT molecular complexity index is 1240. The lowest BCUT2D eigenvalue weighted by Gasteiger charge is -2.31.